The molecule has 0 aromatic carbocycles. The van der Waals surface area contributed by atoms with Crippen molar-refractivity contribution in [1.29, 1.82) is 0 Å². The van der Waals surface area contributed by atoms with Crippen molar-refractivity contribution in [3.05, 3.63) is 17.5 Å². The number of aromatic nitrogens is 1. The average molecular weight is 287 g/mol. The molecule has 1 heterocycles. The zero-order valence-corrected chi connectivity index (χ0v) is 12.1. The second-order valence-electron chi connectivity index (χ2n) is 3.17. The Morgan fingerprint density at radius 2 is 2.05 bits per heavy atom. The van der Waals surface area contributed by atoms with Crippen molar-refractivity contribution >= 4 is 18.3 Å². The smallest absolute Gasteiger partial charge is 0.309 e. The summed E-state index contributed by atoms with van der Waals surface area (Å²) in [6, 6.07) is 1.61. The van der Waals surface area contributed by atoms with Crippen LogP contribution in [-0.4, -0.2) is 42.1 Å². The topological polar surface area (TPSA) is 122 Å². The van der Waals surface area contributed by atoms with Crippen molar-refractivity contribution in [3.63, 3.8) is 0 Å². The molecule has 3 N–H and O–H groups in total. The van der Waals surface area contributed by atoms with Gasteiger partial charge in [0.1, 0.15) is 5.76 Å². The summed E-state index contributed by atoms with van der Waals surface area (Å²) in [6.07, 6.45) is 0.409. The summed E-state index contributed by atoms with van der Waals surface area (Å²) in [5.41, 5.74) is 0.463. The fourth-order valence-electron chi connectivity index (χ4n) is 0.879. The largest absolute Gasteiger partial charge is 0.481 e. The Morgan fingerprint density at radius 1 is 1.45 bits per heavy atom. The molecule has 0 fully saturated rings. The summed E-state index contributed by atoms with van der Waals surface area (Å²) < 4.78 is 4.65. The van der Waals surface area contributed by atoms with Crippen LogP contribution in [0.2, 0.25) is 0 Å². The standard InChI is InChI=1S/C6H7NO3.C4H8N2O2.C2H6/c1-4-2-5(7-10-4)3-6(8)9;1-5-4(8)2-6-3-7;1-2/h2H,3H2,1H3,(H,8,9);3H,2H2,1H3,(H,5,8)(H,6,7);1-2H3. The molecule has 0 aliphatic heterocycles. The van der Waals surface area contributed by atoms with Crippen LogP contribution in [0.15, 0.2) is 10.6 Å². The number of aryl methyl sites for hydroxylation is 1. The summed E-state index contributed by atoms with van der Waals surface area (Å²) >= 11 is 0. The highest BCUT2D eigenvalue weighted by Gasteiger charge is 2.04. The predicted octanol–water partition coefficient (Wildman–Crippen LogP) is 0.115. The Hall–Kier alpha value is -2.38. The molecule has 20 heavy (non-hydrogen) atoms. The zero-order chi connectivity index (χ0) is 16.0. The van der Waals surface area contributed by atoms with Gasteiger partial charge < -0.3 is 20.3 Å². The van der Waals surface area contributed by atoms with Gasteiger partial charge in [0.2, 0.25) is 12.3 Å². The van der Waals surface area contributed by atoms with E-state index in [1.165, 1.54) is 7.05 Å². The van der Waals surface area contributed by atoms with E-state index in [-0.39, 0.29) is 18.9 Å². The molecular formula is C12H21N3O5. The number of hydrogen-bond donors (Lipinski definition) is 3. The number of hydrogen-bond acceptors (Lipinski definition) is 5. The van der Waals surface area contributed by atoms with Crippen LogP contribution in [-0.2, 0) is 20.8 Å². The molecule has 1 aromatic rings. The minimum absolute atomic E-state index is 0.0556. The van der Waals surface area contributed by atoms with Crippen LogP contribution in [0.3, 0.4) is 0 Å². The number of rotatable bonds is 5. The van der Waals surface area contributed by atoms with E-state index < -0.39 is 5.97 Å². The van der Waals surface area contributed by atoms with Crippen LogP contribution in [0.25, 0.3) is 0 Å². The summed E-state index contributed by atoms with van der Waals surface area (Å²) in [7, 11) is 1.51. The van der Waals surface area contributed by atoms with Crippen molar-refractivity contribution < 1.29 is 24.0 Å². The maximum Gasteiger partial charge on any atom is 0.309 e. The van der Waals surface area contributed by atoms with Crippen LogP contribution in [0.5, 0.6) is 0 Å². The van der Waals surface area contributed by atoms with E-state index in [0.29, 0.717) is 17.9 Å². The number of amides is 2. The van der Waals surface area contributed by atoms with E-state index in [1.807, 2.05) is 13.8 Å². The molecule has 0 saturated carbocycles. The molecule has 8 heteroatoms. The van der Waals surface area contributed by atoms with E-state index in [4.69, 9.17) is 5.11 Å². The Labute approximate surface area is 117 Å². The van der Waals surface area contributed by atoms with Crippen LogP contribution in [0.1, 0.15) is 25.3 Å². The second-order valence-corrected chi connectivity index (χ2v) is 3.17. The maximum atomic E-state index is 10.2. The fourth-order valence-corrected chi connectivity index (χ4v) is 0.879. The molecule has 2 amide bonds. The lowest BCUT2D eigenvalue weighted by Gasteiger charge is -1.93. The molecule has 114 valence electrons. The maximum absolute atomic E-state index is 10.2. The minimum Gasteiger partial charge on any atom is -0.481 e. The van der Waals surface area contributed by atoms with Crippen LogP contribution in [0, 0.1) is 6.92 Å². The number of likely N-dealkylation sites (N-methyl/N-ethyl adjacent to an activating group) is 1. The second kappa shape index (κ2) is 13.1. The Balaban J connectivity index is 0. The first-order valence-electron chi connectivity index (χ1n) is 6.01. The van der Waals surface area contributed by atoms with Gasteiger partial charge in [-0.3, -0.25) is 14.4 Å². The Morgan fingerprint density at radius 3 is 2.40 bits per heavy atom. The van der Waals surface area contributed by atoms with Gasteiger partial charge in [-0.25, -0.2) is 0 Å². The van der Waals surface area contributed by atoms with E-state index in [2.05, 4.69) is 20.3 Å². The molecule has 0 bridgehead atoms. The molecule has 0 saturated heterocycles. The quantitative estimate of drug-likeness (QED) is 0.661. The molecule has 0 atom stereocenters. The molecule has 0 spiro atoms. The third-order valence-corrected chi connectivity index (χ3v) is 1.63. The molecular weight excluding hydrogens is 266 g/mol. The number of carbonyl (C=O) groups is 3. The van der Waals surface area contributed by atoms with Gasteiger partial charge in [0.25, 0.3) is 0 Å². The molecule has 1 rings (SSSR count). The van der Waals surface area contributed by atoms with Gasteiger partial charge in [0, 0.05) is 13.1 Å². The van der Waals surface area contributed by atoms with Crippen molar-refractivity contribution in [1.82, 2.24) is 15.8 Å². The Kier molecular flexibility index (Phi) is 13.0. The first-order valence-corrected chi connectivity index (χ1v) is 6.01. The zero-order valence-electron chi connectivity index (χ0n) is 12.1. The van der Waals surface area contributed by atoms with Crippen molar-refractivity contribution in [2.75, 3.05) is 13.6 Å². The number of carboxylic acid groups (broad SMARTS) is 1. The van der Waals surface area contributed by atoms with E-state index in [9.17, 15) is 14.4 Å². The normalized spacial score (nSPS) is 8.20. The summed E-state index contributed by atoms with van der Waals surface area (Å²) in [4.78, 5) is 29.9. The van der Waals surface area contributed by atoms with E-state index >= 15 is 0 Å². The first kappa shape index (κ1) is 19.9. The number of nitrogens with zero attached hydrogens (tertiary/aromatic N) is 1. The minimum atomic E-state index is -0.895. The fraction of sp³-hybridized carbons (Fsp3) is 0.500. The number of nitrogens with one attached hydrogen (secondary N) is 2. The Bertz CT molecular complexity index is 404. The molecule has 0 unspecified atom stereocenters. The highest BCUT2D eigenvalue weighted by atomic mass is 16.5. The third-order valence-electron chi connectivity index (χ3n) is 1.63. The van der Waals surface area contributed by atoms with Gasteiger partial charge in [0.15, 0.2) is 0 Å². The van der Waals surface area contributed by atoms with Gasteiger partial charge in [-0.2, -0.15) is 0 Å². The van der Waals surface area contributed by atoms with Crippen LogP contribution >= 0.6 is 0 Å². The van der Waals surface area contributed by atoms with Gasteiger partial charge in [-0.1, -0.05) is 19.0 Å². The van der Waals surface area contributed by atoms with Crippen molar-refractivity contribution in [2.45, 2.75) is 27.2 Å². The van der Waals surface area contributed by atoms with Gasteiger partial charge in [0.05, 0.1) is 18.7 Å². The van der Waals surface area contributed by atoms with Crippen LogP contribution < -0.4 is 10.6 Å². The number of carbonyl (C=O) groups excluding carboxylic acids is 2. The number of carboxylic acids is 1. The highest BCUT2D eigenvalue weighted by molar-refractivity contribution is 5.79. The average Bonchev–Trinajstić information content (AvgIpc) is 2.83. The SMILES string of the molecule is CC.CNC(=O)CNC=O.Cc1cc(CC(=O)O)no1. The molecule has 0 radical (unpaired) electrons. The number of aliphatic carboxylic acids is 1. The van der Waals surface area contributed by atoms with E-state index in [1.54, 1.807) is 13.0 Å². The lowest BCUT2D eigenvalue weighted by molar-refractivity contribution is -0.136. The van der Waals surface area contributed by atoms with Gasteiger partial charge >= 0.3 is 5.97 Å². The molecule has 1 aromatic heterocycles. The first-order chi connectivity index (χ1) is 9.49. The monoisotopic (exact) mass is 287 g/mol. The van der Waals surface area contributed by atoms with Crippen molar-refractivity contribution in [2.24, 2.45) is 0 Å². The summed E-state index contributed by atoms with van der Waals surface area (Å²) in [5.74, 6) is -0.457. The summed E-state index contributed by atoms with van der Waals surface area (Å²) in [6.45, 7) is 5.78. The molecule has 0 aliphatic rings. The van der Waals surface area contributed by atoms with Crippen molar-refractivity contribution in [3.8, 4) is 0 Å². The highest BCUT2D eigenvalue weighted by Crippen LogP contribution is 2.01. The summed E-state index contributed by atoms with van der Waals surface area (Å²) in [5, 5.41) is 16.3. The van der Waals surface area contributed by atoms with Gasteiger partial charge in [-0.05, 0) is 6.92 Å². The predicted molar refractivity (Wildman–Crippen MR) is 72.1 cm³/mol. The third kappa shape index (κ3) is 12.1. The van der Waals surface area contributed by atoms with Gasteiger partial charge in [-0.15, -0.1) is 0 Å². The lowest BCUT2D eigenvalue weighted by atomic mass is 10.3. The molecule has 0 aliphatic carbocycles. The molecule has 8 nitrogen and oxygen atoms in total. The lowest BCUT2D eigenvalue weighted by Crippen LogP contribution is -2.30. The van der Waals surface area contributed by atoms with E-state index in [0.717, 1.165) is 0 Å². The van der Waals surface area contributed by atoms with Crippen LogP contribution in [0.4, 0.5) is 0 Å².